The molecule has 10 rings (SSSR count). The Morgan fingerprint density at radius 3 is 1.76 bits per heavy atom. The molecule has 2 heterocycles. The zero-order valence-corrected chi connectivity index (χ0v) is 29.8. The Kier molecular flexibility index (Phi) is 7.83. The summed E-state index contributed by atoms with van der Waals surface area (Å²) in [6.07, 6.45) is 0. The second-order valence-corrected chi connectivity index (χ2v) is 13.8. The van der Waals surface area contributed by atoms with E-state index in [1.165, 1.54) is 27.1 Å². The quantitative estimate of drug-likeness (QED) is 0.173. The number of fused-ring (bicyclic) bond motifs is 4. The van der Waals surface area contributed by atoms with Gasteiger partial charge in [0, 0.05) is 33.2 Å². The van der Waals surface area contributed by atoms with E-state index in [2.05, 4.69) is 144 Å². The molecule has 4 nitrogen and oxygen atoms in total. The lowest BCUT2D eigenvalue weighted by Gasteiger charge is -2.15. The SMILES string of the molecule is N#Cc1ccc(-c2cc(-c3cc(-c4ccccc4)nc(-c4ccccc4)n3)cc(-n3c4ccccc4c4ccc(-c5ccc6ccccc6c5)cc43)c2)cc1. The van der Waals surface area contributed by atoms with Crippen molar-refractivity contribution >= 4 is 32.6 Å². The van der Waals surface area contributed by atoms with Gasteiger partial charge in [0.1, 0.15) is 0 Å². The minimum Gasteiger partial charge on any atom is -0.309 e. The number of hydrogen-bond acceptors (Lipinski definition) is 3. The summed E-state index contributed by atoms with van der Waals surface area (Å²) in [5.74, 6) is 0.666. The van der Waals surface area contributed by atoms with E-state index in [0.717, 1.165) is 61.5 Å². The standard InChI is InChI=1S/C51H32N4/c52-33-34-19-21-36(22-20-34)42-28-43(48-32-47(37-12-3-1-4-13-37)53-51(54-48)38-14-5-2-6-15-38)30-44(29-42)55-49-18-10-9-17-45(49)46-26-25-41(31-50(46)55)40-24-23-35-11-7-8-16-39(35)27-40/h1-32H. The molecule has 256 valence electrons. The summed E-state index contributed by atoms with van der Waals surface area (Å²) < 4.78 is 2.38. The van der Waals surface area contributed by atoms with Crippen LogP contribution >= 0.6 is 0 Å². The fourth-order valence-corrected chi connectivity index (χ4v) is 7.66. The van der Waals surface area contributed by atoms with Gasteiger partial charge in [0.05, 0.1) is 34.1 Å². The van der Waals surface area contributed by atoms with Crippen molar-refractivity contribution in [2.45, 2.75) is 0 Å². The van der Waals surface area contributed by atoms with Crippen molar-refractivity contribution in [3.8, 4) is 67.9 Å². The Balaban J connectivity index is 1.23. The van der Waals surface area contributed by atoms with Gasteiger partial charge in [-0.2, -0.15) is 5.26 Å². The minimum atomic E-state index is 0.625. The number of benzene rings is 8. The molecule has 2 aromatic heterocycles. The topological polar surface area (TPSA) is 54.5 Å². The van der Waals surface area contributed by atoms with E-state index in [4.69, 9.17) is 9.97 Å². The van der Waals surface area contributed by atoms with Gasteiger partial charge < -0.3 is 4.57 Å². The predicted octanol–water partition coefficient (Wildman–Crippen LogP) is 12.9. The maximum atomic E-state index is 9.59. The van der Waals surface area contributed by atoms with Gasteiger partial charge in [-0.25, -0.2) is 9.97 Å². The van der Waals surface area contributed by atoms with Crippen LogP contribution in [0.3, 0.4) is 0 Å². The van der Waals surface area contributed by atoms with Crippen molar-refractivity contribution in [3.05, 3.63) is 200 Å². The summed E-state index contributed by atoms with van der Waals surface area (Å²) >= 11 is 0. The van der Waals surface area contributed by atoms with E-state index in [1.54, 1.807) is 0 Å². The van der Waals surface area contributed by atoms with E-state index in [-0.39, 0.29) is 0 Å². The molecule has 0 saturated heterocycles. The van der Waals surface area contributed by atoms with Crippen molar-refractivity contribution in [1.29, 1.82) is 5.26 Å². The molecular formula is C51H32N4. The highest BCUT2D eigenvalue weighted by Gasteiger charge is 2.18. The highest BCUT2D eigenvalue weighted by Crippen LogP contribution is 2.39. The third-order valence-electron chi connectivity index (χ3n) is 10.4. The van der Waals surface area contributed by atoms with E-state index in [9.17, 15) is 5.26 Å². The first-order valence-corrected chi connectivity index (χ1v) is 18.4. The van der Waals surface area contributed by atoms with Crippen molar-refractivity contribution in [3.63, 3.8) is 0 Å². The molecule has 0 N–H and O–H groups in total. The molecule has 0 radical (unpaired) electrons. The van der Waals surface area contributed by atoms with Crippen LogP contribution in [0.5, 0.6) is 0 Å². The van der Waals surface area contributed by atoms with Crippen LogP contribution in [0.1, 0.15) is 5.56 Å². The third-order valence-corrected chi connectivity index (χ3v) is 10.4. The van der Waals surface area contributed by atoms with Gasteiger partial charge in [0.15, 0.2) is 5.82 Å². The van der Waals surface area contributed by atoms with Crippen LogP contribution in [0.15, 0.2) is 194 Å². The van der Waals surface area contributed by atoms with E-state index < -0.39 is 0 Å². The predicted molar refractivity (Wildman–Crippen MR) is 226 cm³/mol. The van der Waals surface area contributed by atoms with Crippen LogP contribution in [0, 0.1) is 11.3 Å². The fraction of sp³-hybridized carbons (Fsp3) is 0. The molecule has 0 fully saturated rings. The van der Waals surface area contributed by atoms with Crippen LogP contribution in [-0.4, -0.2) is 14.5 Å². The number of para-hydroxylation sites is 1. The van der Waals surface area contributed by atoms with Gasteiger partial charge in [-0.15, -0.1) is 0 Å². The summed E-state index contributed by atoms with van der Waals surface area (Å²) in [7, 11) is 0. The monoisotopic (exact) mass is 700 g/mol. The second-order valence-electron chi connectivity index (χ2n) is 13.8. The lowest BCUT2D eigenvalue weighted by atomic mass is 9.98. The summed E-state index contributed by atoms with van der Waals surface area (Å²) in [6, 6.07) is 69.9. The first kappa shape index (κ1) is 32.1. The molecule has 10 aromatic rings. The zero-order chi connectivity index (χ0) is 36.7. The number of aromatic nitrogens is 3. The van der Waals surface area contributed by atoms with Gasteiger partial charge in [0.2, 0.25) is 0 Å². The van der Waals surface area contributed by atoms with Crippen molar-refractivity contribution < 1.29 is 0 Å². The summed E-state index contributed by atoms with van der Waals surface area (Å²) in [5, 5.41) is 14.4. The molecule has 0 bridgehead atoms. The van der Waals surface area contributed by atoms with E-state index in [0.29, 0.717) is 11.4 Å². The molecular weight excluding hydrogens is 669 g/mol. The Morgan fingerprint density at radius 1 is 0.382 bits per heavy atom. The highest BCUT2D eigenvalue weighted by molar-refractivity contribution is 6.10. The lowest BCUT2D eigenvalue weighted by molar-refractivity contribution is 1.16. The van der Waals surface area contributed by atoms with Crippen LogP contribution in [0.25, 0.3) is 94.4 Å². The Labute approximate surface area is 318 Å². The third kappa shape index (κ3) is 5.91. The van der Waals surface area contributed by atoms with Crippen molar-refractivity contribution in [1.82, 2.24) is 14.5 Å². The minimum absolute atomic E-state index is 0.625. The molecule has 0 saturated carbocycles. The normalized spacial score (nSPS) is 11.3. The Bertz CT molecular complexity index is 3020. The lowest BCUT2D eigenvalue weighted by Crippen LogP contribution is -1.99. The van der Waals surface area contributed by atoms with Crippen LogP contribution < -0.4 is 0 Å². The molecule has 0 amide bonds. The van der Waals surface area contributed by atoms with Gasteiger partial charge in [-0.3, -0.25) is 0 Å². The Hall–Kier alpha value is -7.61. The number of nitrogens with zero attached hydrogens (tertiary/aromatic N) is 4. The van der Waals surface area contributed by atoms with Gasteiger partial charge >= 0.3 is 0 Å². The molecule has 0 aliphatic rings. The van der Waals surface area contributed by atoms with Gasteiger partial charge in [-0.05, 0) is 87.6 Å². The molecule has 0 aliphatic carbocycles. The van der Waals surface area contributed by atoms with E-state index >= 15 is 0 Å². The number of rotatable bonds is 6. The Morgan fingerprint density at radius 2 is 0.982 bits per heavy atom. The average molecular weight is 701 g/mol. The summed E-state index contributed by atoms with van der Waals surface area (Å²) in [5.41, 5.74) is 12.9. The zero-order valence-electron chi connectivity index (χ0n) is 29.8. The van der Waals surface area contributed by atoms with Gasteiger partial charge in [-0.1, -0.05) is 140 Å². The average Bonchev–Trinajstić information content (AvgIpc) is 3.60. The maximum Gasteiger partial charge on any atom is 0.160 e. The number of nitriles is 1. The molecule has 0 aliphatic heterocycles. The summed E-state index contributed by atoms with van der Waals surface area (Å²) in [6.45, 7) is 0. The first-order chi connectivity index (χ1) is 27.2. The number of hydrogen-bond donors (Lipinski definition) is 0. The largest absolute Gasteiger partial charge is 0.309 e. The van der Waals surface area contributed by atoms with Crippen LogP contribution in [0.2, 0.25) is 0 Å². The van der Waals surface area contributed by atoms with Crippen LogP contribution in [-0.2, 0) is 0 Å². The second kappa shape index (κ2) is 13.4. The molecule has 8 aromatic carbocycles. The van der Waals surface area contributed by atoms with Crippen molar-refractivity contribution in [2.75, 3.05) is 0 Å². The maximum absolute atomic E-state index is 9.59. The fourth-order valence-electron chi connectivity index (χ4n) is 7.66. The molecule has 4 heteroatoms. The smallest absolute Gasteiger partial charge is 0.160 e. The van der Waals surface area contributed by atoms with E-state index in [1.807, 2.05) is 60.7 Å². The molecule has 0 spiro atoms. The van der Waals surface area contributed by atoms with Gasteiger partial charge in [0.25, 0.3) is 0 Å². The molecule has 0 atom stereocenters. The van der Waals surface area contributed by atoms with Crippen LogP contribution in [0.4, 0.5) is 0 Å². The molecule has 0 unspecified atom stereocenters. The highest BCUT2D eigenvalue weighted by atomic mass is 15.0. The summed E-state index contributed by atoms with van der Waals surface area (Å²) in [4.78, 5) is 10.3. The first-order valence-electron chi connectivity index (χ1n) is 18.4. The van der Waals surface area contributed by atoms with Crippen molar-refractivity contribution in [2.24, 2.45) is 0 Å². The molecule has 55 heavy (non-hydrogen) atoms.